The molecule has 0 aliphatic carbocycles. The minimum Gasteiger partial charge on any atom is -0.492 e. The van der Waals surface area contributed by atoms with Crippen molar-refractivity contribution in [1.29, 1.82) is 0 Å². The van der Waals surface area contributed by atoms with E-state index >= 15 is 0 Å². The van der Waals surface area contributed by atoms with Crippen LogP contribution in [0.2, 0.25) is 5.02 Å². The summed E-state index contributed by atoms with van der Waals surface area (Å²) in [4.78, 5) is 12.0. The summed E-state index contributed by atoms with van der Waals surface area (Å²) in [6, 6.07) is 7.37. The Kier molecular flexibility index (Phi) is 7.34. The zero-order valence-corrected chi connectivity index (χ0v) is 15.8. The molecule has 0 saturated carbocycles. The summed E-state index contributed by atoms with van der Waals surface area (Å²) in [5, 5.41) is 5.20. The van der Waals surface area contributed by atoms with Crippen LogP contribution >= 0.6 is 22.9 Å². The van der Waals surface area contributed by atoms with Crippen molar-refractivity contribution in [3.05, 3.63) is 45.4 Å². The van der Waals surface area contributed by atoms with E-state index in [1.165, 1.54) is 4.88 Å². The minimum atomic E-state index is 0.574. The van der Waals surface area contributed by atoms with Crippen LogP contribution in [0.5, 0.6) is 5.75 Å². The van der Waals surface area contributed by atoms with Crippen molar-refractivity contribution in [1.82, 2.24) is 15.2 Å². The summed E-state index contributed by atoms with van der Waals surface area (Å²) >= 11 is 7.59. The van der Waals surface area contributed by atoms with Crippen molar-refractivity contribution in [3.8, 4) is 5.75 Å². The van der Waals surface area contributed by atoms with Crippen molar-refractivity contribution < 1.29 is 4.74 Å². The molecule has 0 radical (unpaired) electrons. The van der Waals surface area contributed by atoms with Gasteiger partial charge in [0, 0.05) is 43.2 Å². The van der Waals surface area contributed by atoms with Crippen LogP contribution in [0, 0.1) is 6.92 Å². The summed E-state index contributed by atoms with van der Waals surface area (Å²) in [7, 11) is 3.78. The number of aromatic nitrogens is 1. The maximum Gasteiger partial charge on any atom is 0.193 e. The van der Waals surface area contributed by atoms with Crippen molar-refractivity contribution in [2.75, 3.05) is 33.8 Å². The number of hydrogen-bond donors (Lipinski definition) is 1. The molecule has 1 aromatic heterocycles. The molecule has 0 bridgehead atoms. The molecule has 0 aliphatic rings. The Balaban J connectivity index is 1.70. The second-order valence-electron chi connectivity index (χ2n) is 5.31. The van der Waals surface area contributed by atoms with Gasteiger partial charge in [0.05, 0.1) is 11.6 Å². The van der Waals surface area contributed by atoms with Crippen LogP contribution in [-0.4, -0.2) is 49.6 Å². The molecule has 2 aromatic rings. The summed E-state index contributed by atoms with van der Waals surface area (Å²) < 4.78 is 5.71. The number of aryl methyl sites for hydroxylation is 1. The molecule has 7 heteroatoms. The number of ether oxygens (including phenoxy) is 1. The zero-order valence-electron chi connectivity index (χ0n) is 14.3. The molecular weight excluding hydrogens is 344 g/mol. The van der Waals surface area contributed by atoms with Gasteiger partial charge in [-0.25, -0.2) is 4.98 Å². The molecule has 0 spiro atoms. The number of rotatable bonds is 7. The third kappa shape index (κ3) is 6.02. The molecule has 0 atom stereocenters. The predicted octanol–water partition coefficient (Wildman–Crippen LogP) is 3.23. The normalized spacial score (nSPS) is 11.4. The third-order valence-corrected chi connectivity index (χ3v) is 4.60. The second-order valence-corrected chi connectivity index (χ2v) is 7.07. The number of guanidine groups is 1. The highest BCUT2D eigenvalue weighted by Crippen LogP contribution is 2.15. The van der Waals surface area contributed by atoms with Gasteiger partial charge in [-0.15, -0.1) is 11.3 Å². The van der Waals surface area contributed by atoms with E-state index in [2.05, 4.69) is 22.2 Å². The average Bonchev–Trinajstić information content (AvgIpc) is 2.98. The Bertz CT molecular complexity index is 657. The molecule has 130 valence electrons. The predicted molar refractivity (Wildman–Crippen MR) is 101 cm³/mol. The quantitative estimate of drug-likeness (QED) is 0.603. The SMILES string of the molecule is CN=C(NCCc1ncc(C)s1)N(C)CCOc1ccc(Cl)cc1. The second kappa shape index (κ2) is 9.49. The Labute approximate surface area is 152 Å². The van der Waals surface area contributed by atoms with Gasteiger partial charge in [0.1, 0.15) is 12.4 Å². The topological polar surface area (TPSA) is 49.8 Å². The first-order valence-electron chi connectivity index (χ1n) is 7.80. The van der Waals surface area contributed by atoms with Crippen LogP contribution in [-0.2, 0) is 6.42 Å². The van der Waals surface area contributed by atoms with Gasteiger partial charge >= 0.3 is 0 Å². The molecular formula is C17H23ClN4OS. The Morgan fingerprint density at radius 1 is 1.38 bits per heavy atom. The van der Waals surface area contributed by atoms with E-state index in [9.17, 15) is 0 Å². The molecule has 0 saturated heterocycles. The fourth-order valence-corrected chi connectivity index (χ4v) is 3.03. The lowest BCUT2D eigenvalue weighted by atomic mass is 10.3. The van der Waals surface area contributed by atoms with E-state index in [4.69, 9.17) is 16.3 Å². The number of halogens is 1. The van der Waals surface area contributed by atoms with E-state index in [0.29, 0.717) is 11.6 Å². The fraction of sp³-hybridized carbons (Fsp3) is 0.412. The van der Waals surface area contributed by atoms with E-state index in [0.717, 1.165) is 36.2 Å². The lowest BCUT2D eigenvalue weighted by Gasteiger charge is -2.22. The van der Waals surface area contributed by atoms with E-state index < -0.39 is 0 Å². The van der Waals surface area contributed by atoms with E-state index in [-0.39, 0.29) is 0 Å². The molecule has 5 nitrogen and oxygen atoms in total. The molecule has 0 unspecified atom stereocenters. The molecule has 0 fully saturated rings. The van der Waals surface area contributed by atoms with Crippen molar-refractivity contribution in [3.63, 3.8) is 0 Å². The Morgan fingerprint density at radius 2 is 2.12 bits per heavy atom. The van der Waals surface area contributed by atoms with E-state index in [1.54, 1.807) is 18.4 Å². The van der Waals surface area contributed by atoms with Gasteiger partial charge in [-0.1, -0.05) is 11.6 Å². The molecule has 1 aromatic carbocycles. The molecule has 2 rings (SSSR count). The van der Waals surface area contributed by atoms with Crippen LogP contribution < -0.4 is 10.1 Å². The lowest BCUT2D eigenvalue weighted by Crippen LogP contribution is -2.41. The number of aliphatic imine (C=N–C) groups is 1. The molecule has 0 aliphatic heterocycles. The number of likely N-dealkylation sites (N-methyl/N-ethyl adjacent to an activating group) is 1. The first-order chi connectivity index (χ1) is 11.6. The standard InChI is InChI=1S/C17H23ClN4OS/c1-13-12-21-16(24-13)8-9-20-17(19-2)22(3)10-11-23-15-6-4-14(18)5-7-15/h4-7,12H,8-11H2,1-3H3,(H,19,20). The molecule has 0 amide bonds. The van der Waals surface area contributed by atoms with Crippen LogP contribution in [0.15, 0.2) is 35.5 Å². The Hall–Kier alpha value is -1.79. The van der Waals surface area contributed by atoms with E-state index in [1.807, 2.05) is 42.4 Å². The summed E-state index contributed by atoms with van der Waals surface area (Å²) in [5.74, 6) is 1.66. The van der Waals surface area contributed by atoms with Crippen LogP contribution in [0.1, 0.15) is 9.88 Å². The fourth-order valence-electron chi connectivity index (χ4n) is 2.12. The number of nitrogens with zero attached hydrogens (tertiary/aromatic N) is 3. The first kappa shape index (κ1) is 18.5. The van der Waals surface area contributed by atoms with Gasteiger partial charge in [0.25, 0.3) is 0 Å². The number of nitrogens with one attached hydrogen (secondary N) is 1. The van der Waals surface area contributed by atoms with Gasteiger partial charge in [-0.2, -0.15) is 0 Å². The van der Waals surface area contributed by atoms with Gasteiger partial charge in [-0.3, -0.25) is 4.99 Å². The summed E-state index contributed by atoms with van der Waals surface area (Å²) in [6.07, 6.45) is 2.81. The largest absolute Gasteiger partial charge is 0.492 e. The first-order valence-corrected chi connectivity index (χ1v) is 8.99. The summed E-state index contributed by atoms with van der Waals surface area (Å²) in [5.41, 5.74) is 0. The lowest BCUT2D eigenvalue weighted by molar-refractivity contribution is 0.281. The van der Waals surface area contributed by atoms with Gasteiger partial charge in [0.2, 0.25) is 0 Å². The zero-order chi connectivity index (χ0) is 17.4. The van der Waals surface area contributed by atoms with Crippen molar-refractivity contribution in [2.24, 2.45) is 4.99 Å². The molecule has 24 heavy (non-hydrogen) atoms. The smallest absolute Gasteiger partial charge is 0.193 e. The van der Waals surface area contributed by atoms with Crippen molar-refractivity contribution in [2.45, 2.75) is 13.3 Å². The maximum absolute atomic E-state index is 5.86. The maximum atomic E-state index is 5.86. The third-order valence-electron chi connectivity index (χ3n) is 3.37. The molecule has 1 heterocycles. The van der Waals surface area contributed by atoms with Crippen LogP contribution in [0.4, 0.5) is 0 Å². The van der Waals surface area contributed by atoms with Crippen LogP contribution in [0.3, 0.4) is 0 Å². The van der Waals surface area contributed by atoms with Gasteiger partial charge in [0.15, 0.2) is 5.96 Å². The Morgan fingerprint density at radius 3 is 2.75 bits per heavy atom. The monoisotopic (exact) mass is 366 g/mol. The number of thiazole rings is 1. The average molecular weight is 367 g/mol. The highest BCUT2D eigenvalue weighted by atomic mass is 35.5. The van der Waals surface area contributed by atoms with Crippen LogP contribution in [0.25, 0.3) is 0 Å². The van der Waals surface area contributed by atoms with Crippen molar-refractivity contribution >= 4 is 28.9 Å². The number of benzene rings is 1. The number of hydrogen-bond acceptors (Lipinski definition) is 4. The highest BCUT2D eigenvalue weighted by Gasteiger charge is 2.06. The van der Waals surface area contributed by atoms with Gasteiger partial charge in [-0.05, 0) is 31.2 Å². The minimum absolute atomic E-state index is 0.574. The molecule has 1 N–H and O–H groups in total. The highest BCUT2D eigenvalue weighted by molar-refractivity contribution is 7.11. The summed E-state index contributed by atoms with van der Waals surface area (Å²) in [6.45, 7) is 4.19. The van der Waals surface area contributed by atoms with Gasteiger partial charge < -0.3 is 15.0 Å².